The van der Waals surface area contributed by atoms with Crippen LogP contribution in [0.15, 0.2) is 0 Å². The number of aliphatic hydroxyl groups excluding tert-OH is 1. The molecule has 1 unspecified atom stereocenters. The van der Waals surface area contributed by atoms with Gasteiger partial charge in [0.05, 0.1) is 12.3 Å². The van der Waals surface area contributed by atoms with Crippen LogP contribution >= 0.6 is 0 Å². The maximum atomic E-state index is 10.9. The molecule has 15 heavy (non-hydrogen) atoms. The fraction of sp³-hybridized carbons (Fsp3) is 0.600. The first kappa shape index (κ1) is 11.7. The molecule has 5 nitrogen and oxygen atoms in total. The highest BCUT2D eigenvalue weighted by atomic mass is 16.4. The quantitative estimate of drug-likeness (QED) is 0.683. The molecule has 0 amide bonds. The van der Waals surface area contributed by atoms with Gasteiger partial charge in [-0.15, -0.1) is 0 Å². The van der Waals surface area contributed by atoms with Gasteiger partial charge in [0, 0.05) is 12.3 Å². The smallest absolute Gasteiger partial charge is 0.356 e. The zero-order chi connectivity index (χ0) is 11.4. The Hall–Kier alpha value is -1.36. The van der Waals surface area contributed by atoms with E-state index in [0.717, 1.165) is 12.8 Å². The molecule has 0 radical (unpaired) electrons. The lowest BCUT2D eigenvalue weighted by molar-refractivity contribution is 0.0688. The van der Waals surface area contributed by atoms with Crippen LogP contribution in [0.3, 0.4) is 0 Å². The first-order chi connectivity index (χ1) is 7.10. The van der Waals surface area contributed by atoms with E-state index in [1.807, 2.05) is 6.92 Å². The molecule has 0 aromatic carbocycles. The summed E-state index contributed by atoms with van der Waals surface area (Å²) in [7, 11) is 0. The van der Waals surface area contributed by atoms with Gasteiger partial charge in [0.25, 0.3) is 0 Å². The second-order valence-corrected chi connectivity index (χ2v) is 3.58. The number of aromatic amines is 1. The first-order valence-corrected chi connectivity index (χ1v) is 5.03. The van der Waals surface area contributed by atoms with Crippen molar-refractivity contribution in [1.82, 2.24) is 9.97 Å². The Morgan fingerprint density at radius 3 is 2.73 bits per heavy atom. The van der Waals surface area contributed by atoms with Crippen molar-refractivity contribution >= 4 is 5.97 Å². The number of carboxylic acids is 1. The number of aromatic carboxylic acids is 1. The minimum Gasteiger partial charge on any atom is -0.476 e. The molecule has 3 N–H and O–H groups in total. The maximum absolute atomic E-state index is 10.9. The van der Waals surface area contributed by atoms with E-state index in [-0.39, 0.29) is 18.2 Å². The second kappa shape index (κ2) is 4.93. The van der Waals surface area contributed by atoms with E-state index >= 15 is 0 Å². The average molecular weight is 212 g/mol. The van der Waals surface area contributed by atoms with E-state index < -0.39 is 5.97 Å². The summed E-state index contributed by atoms with van der Waals surface area (Å²) in [5, 5.41) is 17.9. The van der Waals surface area contributed by atoms with Gasteiger partial charge in [-0.1, -0.05) is 13.8 Å². The lowest BCUT2D eigenvalue weighted by atomic mass is 10.1. The van der Waals surface area contributed by atoms with E-state index in [0.29, 0.717) is 11.5 Å². The molecular weight excluding hydrogens is 196 g/mol. The van der Waals surface area contributed by atoms with E-state index in [2.05, 4.69) is 9.97 Å². The van der Waals surface area contributed by atoms with Crippen molar-refractivity contribution in [3.8, 4) is 0 Å². The van der Waals surface area contributed by atoms with E-state index in [1.54, 1.807) is 6.92 Å². The molecule has 0 aliphatic heterocycles. The number of H-pyrrole nitrogens is 1. The van der Waals surface area contributed by atoms with Gasteiger partial charge in [-0.05, 0) is 6.42 Å². The van der Waals surface area contributed by atoms with Gasteiger partial charge < -0.3 is 15.2 Å². The largest absolute Gasteiger partial charge is 0.476 e. The lowest BCUT2D eigenvalue weighted by Crippen LogP contribution is -2.07. The molecule has 0 spiro atoms. The van der Waals surface area contributed by atoms with Gasteiger partial charge in [-0.3, -0.25) is 0 Å². The molecule has 84 valence electrons. The van der Waals surface area contributed by atoms with E-state index in [9.17, 15) is 4.79 Å². The number of carbonyl (C=O) groups is 1. The number of carboxylic acid groups (broad SMARTS) is 1. The van der Waals surface area contributed by atoms with Crippen molar-refractivity contribution < 1.29 is 15.0 Å². The number of nitrogens with one attached hydrogen (secondary N) is 1. The second-order valence-electron chi connectivity index (χ2n) is 3.58. The van der Waals surface area contributed by atoms with Crippen LogP contribution in [0.2, 0.25) is 0 Å². The number of aliphatic hydroxyl groups is 1. The highest BCUT2D eigenvalue weighted by Crippen LogP contribution is 2.17. The molecular formula is C10H16N2O3. The molecule has 5 heteroatoms. The third kappa shape index (κ3) is 2.56. The average Bonchev–Trinajstić information content (AvgIpc) is 2.61. The molecule has 0 bridgehead atoms. The van der Waals surface area contributed by atoms with E-state index in [4.69, 9.17) is 10.2 Å². The molecule has 1 heterocycles. The minimum absolute atomic E-state index is 0.0278. The monoisotopic (exact) mass is 212 g/mol. The Balaban J connectivity index is 3.05. The standard InChI is InChI=1S/C10H16N2O3/c1-3-4-7-11-8(6(2)5-13)9(12-7)10(14)15/h6,13H,3-5H2,1-2H3,(H,11,12)(H,14,15). The van der Waals surface area contributed by atoms with Crippen molar-refractivity contribution in [2.75, 3.05) is 6.61 Å². The van der Waals surface area contributed by atoms with Crippen molar-refractivity contribution in [3.05, 3.63) is 17.2 Å². The molecule has 1 aromatic rings. The predicted octanol–water partition coefficient (Wildman–Crippen LogP) is 1.16. The summed E-state index contributed by atoms with van der Waals surface area (Å²) in [5.41, 5.74) is 0.536. The lowest BCUT2D eigenvalue weighted by Gasteiger charge is -2.05. The van der Waals surface area contributed by atoms with Gasteiger partial charge in [-0.2, -0.15) is 0 Å². The molecule has 0 aliphatic carbocycles. The molecule has 0 fully saturated rings. The SMILES string of the molecule is CCCc1nc(C(=O)O)c(C(C)CO)[nH]1. The normalized spacial score (nSPS) is 12.7. The van der Waals surface area contributed by atoms with Crippen molar-refractivity contribution in [2.24, 2.45) is 0 Å². The maximum Gasteiger partial charge on any atom is 0.356 e. The van der Waals surface area contributed by atoms with Crippen molar-refractivity contribution in [1.29, 1.82) is 0 Å². The van der Waals surface area contributed by atoms with E-state index in [1.165, 1.54) is 0 Å². The Kier molecular flexibility index (Phi) is 3.85. The first-order valence-electron chi connectivity index (χ1n) is 5.03. The zero-order valence-electron chi connectivity index (χ0n) is 8.95. The highest BCUT2D eigenvalue weighted by Gasteiger charge is 2.20. The highest BCUT2D eigenvalue weighted by molar-refractivity contribution is 5.87. The van der Waals surface area contributed by atoms with Gasteiger partial charge in [0.15, 0.2) is 5.69 Å². The van der Waals surface area contributed by atoms with Crippen molar-refractivity contribution in [2.45, 2.75) is 32.6 Å². The van der Waals surface area contributed by atoms with Crippen LogP contribution in [0.25, 0.3) is 0 Å². The summed E-state index contributed by atoms with van der Waals surface area (Å²) in [4.78, 5) is 17.9. The Morgan fingerprint density at radius 1 is 1.60 bits per heavy atom. The fourth-order valence-corrected chi connectivity index (χ4v) is 1.40. The van der Waals surface area contributed by atoms with Gasteiger partial charge in [0.1, 0.15) is 5.82 Å². The molecule has 0 saturated heterocycles. The summed E-state index contributed by atoms with van der Waals surface area (Å²) in [6.07, 6.45) is 1.62. The summed E-state index contributed by atoms with van der Waals surface area (Å²) >= 11 is 0. The summed E-state index contributed by atoms with van der Waals surface area (Å²) in [6.45, 7) is 3.67. The third-order valence-electron chi connectivity index (χ3n) is 2.24. The molecule has 1 aromatic heterocycles. The zero-order valence-corrected chi connectivity index (χ0v) is 8.95. The number of rotatable bonds is 5. The predicted molar refractivity (Wildman–Crippen MR) is 55.0 cm³/mol. The Bertz CT molecular complexity index is 346. The Morgan fingerprint density at radius 2 is 2.27 bits per heavy atom. The van der Waals surface area contributed by atoms with Crippen LogP contribution in [-0.2, 0) is 6.42 Å². The number of hydrogen-bond donors (Lipinski definition) is 3. The molecule has 0 saturated carbocycles. The summed E-state index contributed by atoms with van der Waals surface area (Å²) in [5.74, 6) is -0.608. The van der Waals surface area contributed by atoms with Crippen LogP contribution in [0, 0.1) is 0 Å². The van der Waals surface area contributed by atoms with Crippen LogP contribution in [0.1, 0.15) is 48.2 Å². The molecule has 1 atom stereocenters. The third-order valence-corrected chi connectivity index (χ3v) is 2.24. The molecule has 0 aliphatic rings. The topological polar surface area (TPSA) is 86.2 Å². The summed E-state index contributed by atoms with van der Waals surface area (Å²) in [6, 6.07) is 0. The number of hydrogen-bond acceptors (Lipinski definition) is 3. The van der Waals surface area contributed by atoms with Crippen LogP contribution < -0.4 is 0 Å². The number of aryl methyl sites for hydroxylation is 1. The van der Waals surface area contributed by atoms with Gasteiger partial charge >= 0.3 is 5.97 Å². The van der Waals surface area contributed by atoms with Crippen molar-refractivity contribution in [3.63, 3.8) is 0 Å². The number of imidazole rings is 1. The molecule has 1 rings (SSSR count). The van der Waals surface area contributed by atoms with Gasteiger partial charge in [-0.25, -0.2) is 9.78 Å². The summed E-state index contributed by atoms with van der Waals surface area (Å²) < 4.78 is 0. The Labute approximate surface area is 88.2 Å². The van der Waals surface area contributed by atoms with Crippen LogP contribution in [-0.4, -0.2) is 32.8 Å². The number of aromatic nitrogens is 2. The van der Waals surface area contributed by atoms with Crippen LogP contribution in [0.4, 0.5) is 0 Å². The van der Waals surface area contributed by atoms with Gasteiger partial charge in [0.2, 0.25) is 0 Å². The number of nitrogens with zero attached hydrogens (tertiary/aromatic N) is 1. The fourth-order valence-electron chi connectivity index (χ4n) is 1.40. The van der Waals surface area contributed by atoms with Crippen LogP contribution in [0.5, 0.6) is 0 Å². The minimum atomic E-state index is -1.05.